The van der Waals surface area contributed by atoms with Crippen molar-refractivity contribution in [3.05, 3.63) is 100 Å². The molecule has 32 heavy (non-hydrogen) atoms. The van der Waals surface area contributed by atoms with Gasteiger partial charge in [-0.05, 0) is 42.7 Å². The maximum Gasteiger partial charge on any atom is 0.352 e. The van der Waals surface area contributed by atoms with Crippen LogP contribution in [-0.4, -0.2) is 22.8 Å². The number of benzene rings is 3. The van der Waals surface area contributed by atoms with Crippen LogP contribution < -0.4 is 10.1 Å². The van der Waals surface area contributed by atoms with E-state index in [2.05, 4.69) is 36.5 Å². The van der Waals surface area contributed by atoms with E-state index in [4.69, 9.17) is 4.74 Å². The van der Waals surface area contributed by atoms with Crippen LogP contribution in [0.2, 0.25) is 0 Å². The number of aromatic nitrogens is 1. The van der Waals surface area contributed by atoms with Gasteiger partial charge < -0.3 is 19.7 Å². The molecule has 0 aliphatic carbocycles. The maximum absolute atomic E-state index is 12.4. The lowest BCUT2D eigenvalue weighted by Crippen LogP contribution is -2.17. The number of nitrogens with one attached hydrogen (secondary N) is 1. The zero-order valence-electron chi connectivity index (χ0n) is 18.7. The van der Waals surface area contributed by atoms with Gasteiger partial charge in [0.1, 0.15) is 11.4 Å². The van der Waals surface area contributed by atoms with Gasteiger partial charge in [0.25, 0.3) is 0 Å². The summed E-state index contributed by atoms with van der Waals surface area (Å²) in [4.78, 5) is 12.4. The zero-order chi connectivity index (χ0) is 22.7. The summed E-state index contributed by atoms with van der Waals surface area (Å²) in [6.45, 7) is 5.72. The first-order valence-corrected chi connectivity index (χ1v) is 10.7. The summed E-state index contributed by atoms with van der Waals surface area (Å²) in [6.07, 6.45) is 0. The Bertz CT molecular complexity index is 1260. The van der Waals surface area contributed by atoms with Gasteiger partial charge in [-0.2, -0.15) is 0 Å². The number of rotatable bonds is 8. The van der Waals surface area contributed by atoms with Gasteiger partial charge >= 0.3 is 5.97 Å². The van der Waals surface area contributed by atoms with Gasteiger partial charge in [-0.1, -0.05) is 54.1 Å². The Morgan fingerprint density at radius 1 is 1.00 bits per heavy atom. The van der Waals surface area contributed by atoms with Gasteiger partial charge in [0.05, 0.1) is 12.6 Å². The molecular weight excluding hydrogens is 400 g/mol. The Morgan fingerprint density at radius 3 is 2.44 bits per heavy atom. The van der Waals surface area contributed by atoms with Crippen LogP contribution in [0.1, 0.15) is 38.3 Å². The molecule has 0 atom stereocenters. The van der Waals surface area contributed by atoms with Gasteiger partial charge in [-0.3, -0.25) is 0 Å². The fourth-order valence-corrected chi connectivity index (χ4v) is 4.11. The Balaban J connectivity index is 1.75. The second kappa shape index (κ2) is 9.28. The molecule has 0 aliphatic rings. The largest absolute Gasteiger partial charge is 0.497 e. The molecule has 3 aromatic carbocycles. The smallest absolute Gasteiger partial charge is 0.352 e. The highest BCUT2D eigenvalue weighted by Crippen LogP contribution is 2.31. The highest BCUT2D eigenvalue weighted by atomic mass is 16.5. The van der Waals surface area contributed by atoms with Crippen molar-refractivity contribution >= 4 is 16.9 Å². The molecule has 1 heterocycles. The number of carbonyl (C=O) groups is 1. The topological polar surface area (TPSA) is 63.5 Å². The van der Waals surface area contributed by atoms with E-state index in [1.807, 2.05) is 54.0 Å². The van der Waals surface area contributed by atoms with Gasteiger partial charge in [0.15, 0.2) is 0 Å². The number of nitrogens with zero attached hydrogens (tertiary/aromatic N) is 1. The first kappa shape index (κ1) is 21.7. The van der Waals surface area contributed by atoms with Crippen LogP contribution in [0.15, 0.2) is 66.7 Å². The lowest BCUT2D eigenvalue weighted by atomic mass is 10.1. The van der Waals surface area contributed by atoms with Crippen LogP contribution in [0.3, 0.4) is 0 Å². The molecule has 4 rings (SSSR count). The van der Waals surface area contributed by atoms with Crippen molar-refractivity contribution in [2.45, 2.75) is 33.5 Å². The predicted octanol–water partition coefficient (Wildman–Crippen LogP) is 5.30. The average molecular weight is 429 g/mol. The number of methoxy groups -OCH3 is 1. The fourth-order valence-electron chi connectivity index (χ4n) is 4.11. The quantitative estimate of drug-likeness (QED) is 0.400. The van der Waals surface area contributed by atoms with Crippen LogP contribution in [0, 0.1) is 13.8 Å². The molecule has 0 aliphatic heterocycles. The van der Waals surface area contributed by atoms with E-state index in [1.165, 1.54) is 5.56 Å². The number of aromatic carboxylic acids is 1. The molecule has 0 spiro atoms. The van der Waals surface area contributed by atoms with Gasteiger partial charge in [0, 0.05) is 36.7 Å². The SMILES string of the molecule is COc1ccc2c(CNCc3ccc(C)cc3)c(C(=O)O)n(Cc3ccccc3C)c2c1. The number of ether oxygens (including phenoxy) is 1. The molecule has 0 unspecified atom stereocenters. The molecule has 0 saturated carbocycles. The molecular formula is C27H28N2O3. The second-order valence-electron chi connectivity index (χ2n) is 8.12. The number of hydrogen-bond acceptors (Lipinski definition) is 3. The lowest BCUT2D eigenvalue weighted by molar-refractivity contribution is 0.0684. The molecule has 0 bridgehead atoms. The van der Waals surface area contributed by atoms with Crippen LogP contribution in [0.5, 0.6) is 5.75 Å². The maximum atomic E-state index is 12.4. The van der Waals surface area contributed by atoms with Crippen molar-refractivity contribution in [1.82, 2.24) is 9.88 Å². The minimum atomic E-state index is -0.930. The molecule has 2 N–H and O–H groups in total. The summed E-state index contributed by atoms with van der Waals surface area (Å²) in [5.74, 6) is -0.224. The van der Waals surface area contributed by atoms with Crippen molar-refractivity contribution in [2.75, 3.05) is 7.11 Å². The van der Waals surface area contributed by atoms with Crippen LogP contribution in [-0.2, 0) is 19.6 Å². The highest BCUT2D eigenvalue weighted by molar-refractivity contribution is 5.98. The molecule has 164 valence electrons. The number of hydrogen-bond donors (Lipinski definition) is 2. The predicted molar refractivity (Wildman–Crippen MR) is 127 cm³/mol. The van der Waals surface area contributed by atoms with Crippen LogP contribution >= 0.6 is 0 Å². The number of fused-ring (bicyclic) bond motifs is 1. The molecule has 4 aromatic rings. The summed E-state index contributed by atoms with van der Waals surface area (Å²) in [6, 6.07) is 22.2. The van der Waals surface area contributed by atoms with E-state index in [9.17, 15) is 9.90 Å². The molecule has 0 fully saturated rings. The van der Waals surface area contributed by atoms with Gasteiger partial charge in [0.2, 0.25) is 0 Å². The fraction of sp³-hybridized carbons (Fsp3) is 0.222. The number of carboxylic acids is 1. The molecule has 0 radical (unpaired) electrons. The highest BCUT2D eigenvalue weighted by Gasteiger charge is 2.23. The minimum absolute atomic E-state index is 0.313. The van der Waals surface area contributed by atoms with E-state index in [1.54, 1.807) is 7.11 Å². The third kappa shape index (κ3) is 4.39. The Kier molecular flexibility index (Phi) is 6.28. The lowest BCUT2D eigenvalue weighted by Gasteiger charge is -2.12. The summed E-state index contributed by atoms with van der Waals surface area (Å²) < 4.78 is 7.33. The second-order valence-corrected chi connectivity index (χ2v) is 8.12. The van der Waals surface area contributed by atoms with Crippen molar-refractivity contribution in [3.8, 4) is 5.75 Å². The molecule has 5 heteroatoms. The van der Waals surface area contributed by atoms with E-state index < -0.39 is 5.97 Å². The number of carboxylic acid groups (broad SMARTS) is 1. The van der Waals surface area contributed by atoms with Crippen LogP contribution in [0.25, 0.3) is 10.9 Å². The average Bonchev–Trinajstić information content (AvgIpc) is 3.09. The molecule has 0 amide bonds. The Morgan fingerprint density at radius 2 is 1.75 bits per heavy atom. The summed E-state index contributed by atoms with van der Waals surface area (Å²) in [5, 5.41) is 14.5. The van der Waals surface area contributed by atoms with Gasteiger partial charge in [-0.25, -0.2) is 4.79 Å². The van der Waals surface area contributed by atoms with Crippen LogP contribution in [0.4, 0.5) is 0 Å². The summed E-state index contributed by atoms with van der Waals surface area (Å²) >= 11 is 0. The molecule has 0 saturated heterocycles. The minimum Gasteiger partial charge on any atom is -0.497 e. The van der Waals surface area contributed by atoms with E-state index >= 15 is 0 Å². The third-order valence-corrected chi connectivity index (χ3v) is 5.92. The Labute approximate surface area is 188 Å². The van der Waals surface area contributed by atoms with E-state index in [0.717, 1.165) is 33.2 Å². The monoisotopic (exact) mass is 428 g/mol. The normalized spacial score (nSPS) is 11.1. The van der Waals surface area contributed by atoms with Crippen molar-refractivity contribution < 1.29 is 14.6 Å². The van der Waals surface area contributed by atoms with Crippen molar-refractivity contribution in [2.24, 2.45) is 0 Å². The summed E-state index contributed by atoms with van der Waals surface area (Å²) in [5.41, 5.74) is 6.57. The third-order valence-electron chi connectivity index (χ3n) is 5.92. The zero-order valence-corrected chi connectivity index (χ0v) is 18.7. The van der Waals surface area contributed by atoms with Gasteiger partial charge in [-0.15, -0.1) is 0 Å². The molecule has 1 aromatic heterocycles. The van der Waals surface area contributed by atoms with E-state index in [0.29, 0.717) is 31.1 Å². The molecule has 5 nitrogen and oxygen atoms in total. The summed E-state index contributed by atoms with van der Waals surface area (Å²) in [7, 11) is 1.62. The van der Waals surface area contributed by atoms with E-state index in [-0.39, 0.29) is 0 Å². The standard InChI is InChI=1S/C27H28N2O3/c1-18-8-10-20(11-9-18)15-28-16-24-23-13-12-22(32-3)14-25(23)29(26(24)27(30)31)17-21-7-5-4-6-19(21)2/h4-14,28H,15-17H2,1-3H3,(H,30,31). The first-order chi connectivity index (χ1) is 15.5. The number of aryl methyl sites for hydroxylation is 2. The Hall–Kier alpha value is -3.57. The van der Waals surface area contributed by atoms with Crippen molar-refractivity contribution in [1.29, 1.82) is 0 Å². The van der Waals surface area contributed by atoms with Crippen molar-refractivity contribution in [3.63, 3.8) is 0 Å². The first-order valence-electron chi connectivity index (χ1n) is 10.7.